The number of aryl methyl sites for hydroxylation is 1. The zero-order valence-electron chi connectivity index (χ0n) is 23.8. The maximum Gasteiger partial charge on any atom is 0.220 e. The van der Waals surface area contributed by atoms with Crippen molar-refractivity contribution in [2.75, 3.05) is 6.54 Å². The summed E-state index contributed by atoms with van der Waals surface area (Å²) in [6.07, 6.45) is 13.4. The first-order chi connectivity index (χ1) is 17.6. The first kappa shape index (κ1) is 28.3. The molecule has 1 aromatic carbocycles. The third kappa shape index (κ3) is 6.32. The Balaban J connectivity index is 1.20. The van der Waals surface area contributed by atoms with Crippen molar-refractivity contribution in [2.24, 2.45) is 28.6 Å². The molecule has 0 aliphatic heterocycles. The van der Waals surface area contributed by atoms with Crippen molar-refractivity contribution in [3.63, 3.8) is 0 Å². The molecule has 0 spiro atoms. The van der Waals surface area contributed by atoms with E-state index in [1.807, 2.05) is 6.07 Å². The van der Waals surface area contributed by atoms with Crippen LogP contribution in [0, 0.1) is 34.4 Å². The van der Waals surface area contributed by atoms with Crippen LogP contribution >= 0.6 is 0 Å². The van der Waals surface area contributed by atoms with Crippen molar-refractivity contribution in [1.82, 2.24) is 5.32 Å². The van der Waals surface area contributed by atoms with Crippen LogP contribution in [0.1, 0.15) is 110 Å². The number of carbonyl (C=O) groups excluding carboxylic acids is 1. The fourth-order valence-corrected chi connectivity index (χ4v) is 8.49. The Hall–Kier alpha value is -1.68. The van der Waals surface area contributed by atoms with Gasteiger partial charge in [-0.15, -0.1) is 0 Å². The molecule has 5 atom stereocenters. The summed E-state index contributed by atoms with van der Waals surface area (Å²) in [5.41, 5.74) is 4.47. The summed E-state index contributed by atoms with van der Waals surface area (Å²) < 4.78 is 13.3. The Morgan fingerprint density at radius 3 is 2.62 bits per heavy atom. The molecular formula is C33H50FNO2. The highest BCUT2D eigenvalue weighted by molar-refractivity contribution is 5.76. The Morgan fingerprint density at radius 2 is 1.84 bits per heavy atom. The first-order valence-electron chi connectivity index (χ1n) is 15.0. The van der Waals surface area contributed by atoms with Gasteiger partial charge in [-0.05, 0) is 117 Å². The van der Waals surface area contributed by atoms with Crippen molar-refractivity contribution < 1.29 is 14.3 Å². The third-order valence-electron chi connectivity index (χ3n) is 10.7. The molecular weight excluding hydrogens is 461 g/mol. The molecule has 0 radical (unpaired) electrons. The molecule has 0 heterocycles. The zero-order chi connectivity index (χ0) is 26.6. The summed E-state index contributed by atoms with van der Waals surface area (Å²) >= 11 is 0. The Bertz CT molecular complexity index is 969. The number of amides is 1. The van der Waals surface area contributed by atoms with Gasteiger partial charge in [0.2, 0.25) is 5.91 Å². The molecule has 0 bridgehead atoms. The van der Waals surface area contributed by atoms with E-state index in [2.05, 4.69) is 33.0 Å². The average Bonchev–Trinajstić information content (AvgIpc) is 2.85. The van der Waals surface area contributed by atoms with Crippen LogP contribution in [0.5, 0.6) is 0 Å². The van der Waals surface area contributed by atoms with Crippen molar-refractivity contribution in [3.05, 3.63) is 46.8 Å². The molecule has 37 heavy (non-hydrogen) atoms. The highest BCUT2D eigenvalue weighted by Crippen LogP contribution is 2.64. The molecule has 1 aromatic rings. The predicted octanol–water partition coefficient (Wildman–Crippen LogP) is 7.76. The molecule has 3 aliphatic rings. The lowest BCUT2D eigenvalue weighted by Gasteiger charge is -2.62. The molecule has 3 unspecified atom stereocenters. The van der Waals surface area contributed by atoms with Crippen molar-refractivity contribution in [1.29, 1.82) is 0 Å². The number of carbonyl (C=O) groups is 1. The fraction of sp³-hybridized carbons (Fsp3) is 0.727. The molecule has 206 valence electrons. The van der Waals surface area contributed by atoms with Crippen LogP contribution in [0.15, 0.2) is 35.4 Å². The van der Waals surface area contributed by atoms with Crippen LogP contribution in [-0.2, 0) is 11.2 Å². The quantitative estimate of drug-likeness (QED) is 0.249. The smallest absolute Gasteiger partial charge is 0.220 e. The average molecular weight is 512 g/mol. The number of hydrogen-bond donors (Lipinski definition) is 2. The summed E-state index contributed by atoms with van der Waals surface area (Å²) in [6, 6.07) is 6.88. The highest BCUT2D eigenvalue weighted by atomic mass is 19.1. The van der Waals surface area contributed by atoms with E-state index < -0.39 is 0 Å². The maximum absolute atomic E-state index is 13.3. The lowest BCUT2D eigenvalue weighted by atomic mass is 9.43. The van der Waals surface area contributed by atoms with Gasteiger partial charge in [-0.25, -0.2) is 4.39 Å². The summed E-state index contributed by atoms with van der Waals surface area (Å²) in [5.74, 6) is 1.92. The third-order valence-corrected chi connectivity index (χ3v) is 10.7. The number of nitrogens with one attached hydrogen (secondary N) is 1. The number of halogens is 1. The molecule has 2 fully saturated rings. The molecule has 3 nitrogen and oxygen atoms in total. The van der Waals surface area contributed by atoms with E-state index in [4.69, 9.17) is 0 Å². The maximum atomic E-state index is 13.3. The van der Waals surface area contributed by atoms with Gasteiger partial charge in [0.1, 0.15) is 5.82 Å². The lowest BCUT2D eigenvalue weighted by molar-refractivity contribution is -0.149. The van der Waals surface area contributed by atoms with Crippen LogP contribution < -0.4 is 5.32 Å². The van der Waals surface area contributed by atoms with E-state index in [9.17, 15) is 14.3 Å². The largest absolute Gasteiger partial charge is 0.393 e. The minimum Gasteiger partial charge on any atom is -0.393 e. The van der Waals surface area contributed by atoms with Crippen LogP contribution in [0.2, 0.25) is 0 Å². The molecule has 2 saturated carbocycles. The van der Waals surface area contributed by atoms with Gasteiger partial charge in [-0.2, -0.15) is 0 Å². The first-order valence-corrected chi connectivity index (χ1v) is 15.0. The van der Waals surface area contributed by atoms with Gasteiger partial charge in [0.25, 0.3) is 0 Å². The van der Waals surface area contributed by atoms with E-state index in [1.54, 1.807) is 17.7 Å². The van der Waals surface area contributed by atoms with E-state index >= 15 is 0 Å². The summed E-state index contributed by atoms with van der Waals surface area (Å²) in [6.45, 7) is 10.2. The minimum atomic E-state index is -0.181. The highest BCUT2D eigenvalue weighted by Gasteiger charge is 2.58. The van der Waals surface area contributed by atoms with Gasteiger partial charge in [-0.1, -0.05) is 56.9 Å². The van der Waals surface area contributed by atoms with Crippen molar-refractivity contribution in [3.8, 4) is 0 Å². The van der Waals surface area contributed by atoms with Gasteiger partial charge in [0, 0.05) is 13.0 Å². The SMILES string of the molecule is CC1=C(CCC(=O)NCCCCCCc2cccc(F)c2)C2CCC3C(C)(C)[C@@H](O)CC[C@]3(C)C2CC1. The molecule has 0 saturated heterocycles. The van der Waals surface area contributed by atoms with E-state index in [-0.39, 0.29) is 23.2 Å². The van der Waals surface area contributed by atoms with Gasteiger partial charge in [-0.3, -0.25) is 4.79 Å². The van der Waals surface area contributed by atoms with Crippen LogP contribution in [0.3, 0.4) is 0 Å². The molecule has 3 aliphatic carbocycles. The second kappa shape index (κ2) is 12.0. The molecule has 0 aromatic heterocycles. The Morgan fingerprint density at radius 1 is 1.05 bits per heavy atom. The standard InChI is InChI=1S/C33H50FNO2/c1-23-13-16-28-27(14-17-29-32(2,3)30(36)19-20-33(28,29)4)26(23)15-18-31(37)35-21-8-6-5-7-10-24-11-9-12-25(34)22-24/h9,11-12,22,27-30,36H,5-8,10,13-21H2,1-4H3,(H,35,37)/t27?,28?,29?,30-,33+/m0/s1. The van der Waals surface area contributed by atoms with E-state index in [0.717, 1.165) is 63.5 Å². The molecule has 2 N–H and O–H groups in total. The van der Waals surface area contributed by atoms with Crippen LogP contribution in [-0.4, -0.2) is 23.7 Å². The Kier molecular flexibility index (Phi) is 9.20. The van der Waals surface area contributed by atoms with Gasteiger partial charge < -0.3 is 10.4 Å². The number of unbranched alkanes of at least 4 members (excludes halogenated alkanes) is 3. The molecule has 1 amide bonds. The van der Waals surface area contributed by atoms with Gasteiger partial charge >= 0.3 is 0 Å². The summed E-state index contributed by atoms with van der Waals surface area (Å²) in [5, 5.41) is 13.9. The number of hydrogen-bond acceptors (Lipinski definition) is 2. The van der Waals surface area contributed by atoms with Crippen molar-refractivity contribution in [2.45, 2.75) is 117 Å². The van der Waals surface area contributed by atoms with Crippen molar-refractivity contribution >= 4 is 5.91 Å². The normalized spacial score (nSPS) is 31.0. The minimum absolute atomic E-state index is 0.00626. The van der Waals surface area contributed by atoms with Crippen LogP contribution in [0.4, 0.5) is 4.39 Å². The zero-order valence-corrected chi connectivity index (χ0v) is 23.8. The number of allylic oxidation sites excluding steroid dienone is 2. The van der Waals surface area contributed by atoms with Gasteiger partial charge in [0.05, 0.1) is 6.10 Å². The van der Waals surface area contributed by atoms with E-state index in [0.29, 0.717) is 29.6 Å². The van der Waals surface area contributed by atoms with E-state index in [1.165, 1.54) is 37.3 Å². The fourth-order valence-electron chi connectivity index (χ4n) is 8.49. The monoisotopic (exact) mass is 511 g/mol. The number of fused-ring (bicyclic) bond motifs is 3. The lowest BCUT2D eigenvalue weighted by Crippen LogP contribution is -2.56. The number of aliphatic hydroxyl groups is 1. The summed E-state index contributed by atoms with van der Waals surface area (Å²) in [4.78, 5) is 12.7. The second-order valence-electron chi connectivity index (χ2n) is 13.2. The van der Waals surface area contributed by atoms with Gasteiger partial charge in [0.15, 0.2) is 0 Å². The summed E-state index contributed by atoms with van der Waals surface area (Å²) in [7, 11) is 0. The predicted molar refractivity (Wildman–Crippen MR) is 150 cm³/mol. The Labute approximate surface area is 224 Å². The number of aliphatic hydroxyl groups excluding tert-OH is 1. The number of benzene rings is 1. The molecule has 4 rings (SSSR count). The van der Waals surface area contributed by atoms with Crippen LogP contribution in [0.25, 0.3) is 0 Å². The second-order valence-corrected chi connectivity index (χ2v) is 13.2. The number of rotatable bonds is 10. The molecule has 4 heteroatoms. The topological polar surface area (TPSA) is 49.3 Å².